The highest BCUT2D eigenvalue weighted by Gasteiger charge is 2.59. The maximum atomic E-state index is 3.68. The highest BCUT2D eigenvalue weighted by molar-refractivity contribution is 9.09. The summed E-state index contributed by atoms with van der Waals surface area (Å²) in [5.41, 5.74) is 0.637. The van der Waals surface area contributed by atoms with E-state index < -0.39 is 0 Å². The normalized spacial score (nSPS) is 37.9. The van der Waals surface area contributed by atoms with Gasteiger partial charge in [-0.05, 0) is 23.2 Å². The molecule has 2 aliphatic carbocycles. The maximum absolute atomic E-state index is 3.68. The fourth-order valence-electron chi connectivity index (χ4n) is 3.69. The summed E-state index contributed by atoms with van der Waals surface area (Å²) in [5.74, 6) is 3.04. The minimum absolute atomic E-state index is 0.637. The summed E-state index contributed by atoms with van der Waals surface area (Å²) in [6, 6.07) is 0. The number of alkyl halides is 1. The predicted molar refractivity (Wildman–Crippen MR) is 65.7 cm³/mol. The minimum Gasteiger partial charge on any atom is -0.0925 e. The van der Waals surface area contributed by atoms with Gasteiger partial charge in [-0.15, -0.1) is 0 Å². The zero-order valence-electron chi connectivity index (χ0n) is 9.56. The van der Waals surface area contributed by atoms with Gasteiger partial charge in [-0.25, -0.2) is 0 Å². The Morgan fingerprint density at radius 3 is 2.07 bits per heavy atom. The third-order valence-corrected chi connectivity index (χ3v) is 5.41. The Bertz CT molecular complexity index is 189. The predicted octanol–water partition coefficient (Wildman–Crippen LogP) is 4.62. The molecule has 0 bridgehead atoms. The molecule has 0 nitrogen and oxygen atoms in total. The second-order valence-electron chi connectivity index (χ2n) is 5.86. The molecule has 82 valence electrons. The van der Waals surface area contributed by atoms with Crippen LogP contribution in [0.2, 0.25) is 0 Å². The average Bonchev–Trinajstić information content (AvgIpc) is 2.78. The molecule has 0 amide bonds. The number of rotatable bonds is 2. The van der Waals surface area contributed by atoms with Gasteiger partial charge < -0.3 is 0 Å². The molecule has 0 radical (unpaired) electrons. The van der Waals surface area contributed by atoms with Crippen LogP contribution in [-0.2, 0) is 0 Å². The van der Waals surface area contributed by atoms with Crippen LogP contribution >= 0.6 is 15.9 Å². The third-order valence-electron chi connectivity index (χ3n) is 4.71. The van der Waals surface area contributed by atoms with Crippen molar-refractivity contribution in [3.8, 4) is 0 Å². The first-order chi connectivity index (χ1) is 6.68. The van der Waals surface area contributed by atoms with Crippen molar-refractivity contribution in [2.24, 2.45) is 23.2 Å². The molecule has 0 aromatic rings. The molecule has 2 rings (SSSR count). The zero-order valence-corrected chi connectivity index (χ0v) is 11.1. The summed E-state index contributed by atoms with van der Waals surface area (Å²) in [6.07, 6.45) is 8.99. The highest BCUT2D eigenvalue weighted by Crippen LogP contribution is 2.64. The van der Waals surface area contributed by atoms with E-state index in [4.69, 9.17) is 0 Å². The van der Waals surface area contributed by atoms with Crippen molar-refractivity contribution in [3.63, 3.8) is 0 Å². The van der Waals surface area contributed by atoms with Gasteiger partial charge in [0.1, 0.15) is 0 Å². The van der Waals surface area contributed by atoms with E-state index in [1.807, 2.05) is 0 Å². The molecule has 0 spiro atoms. The van der Waals surface area contributed by atoms with Gasteiger partial charge in [-0.1, -0.05) is 68.3 Å². The number of hydrogen-bond acceptors (Lipinski definition) is 0. The van der Waals surface area contributed by atoms with Gasteiger partial charge in [0, 0.05) is 5.33 Å². The standard InChI is InChI=1S/C13H23Br/c1-13(2)11(9-14)12(13)10-7-5-3-4-6-8-10/h10-12H,3-9H2,1-2H3. The molecular formula is C13H23Br. The lowest BCUT2D eigenvalue weighted by Gasteiger charge is -2.15. The van der Waals surface area contributed by atoms with Gasteiger partial charge in [0.2, 0.25) is 0 Å². The maximum Gasteiger partial charge on any atom is 0.00678 e. The molecular weight excluding hydrogens is 236 g/mol. The number of halogens is 1. The molecule has 0 heterocycles. The molecule has 2 fully saturated rings. The Labute approximate surface area is 97.0 Å². The van der Waals surface area contributed by atoms with Crippen LogP contribution in [0.3, 0.4) is 0 Å². The Balaban J connectivity index is 1.95. The first-order valence-electron chi connectivity index (χ1n) is 6.24. The molecule has 2 saturated carbocycles. The summed E-state index contributed by atoms with van der Waals surface area (Å²) >= 11 is 3.68. The largest absolute Gasteiger partial charge is 0.0925 e. The van der Waals surface area contributed by atoms with Crippen LogP contribution in [0.1, 0.15) is 52.4 Å². The molecule has 2 unspecified atom stereocenters. The second kappa shape index (κ2) is 4.15. The molecule has 0 aliphatic heterocycles. The summed E-state index contributed by atoms with van der Waals surface area (Å²) in [6.45, 7) is 4.93. The smallest absolute Gasteiger partial charge is 0.00678 e. The molecule has 14 heavy (non-hydrogen) atoms. The van der Waals surface area contributed by atoms with Gasteiger partial charge in [-0.2, -0.15) is 0 Å². The van der Waals surface area contributed by atoms with Crippen LogP contribution in [-0.4, -0.2) is 5.33 Å². The van der Waals surface area contributed by atoms with Crippen LogP contribution in [0.15, 0.2) is 0 Å². The lowest BCUT2D eigenvalue weighted by molar-refractivity contribution is 0.352. The van der Waals surface area contributed by atoms with Gasteiger partial charge in [0.25, 0.3) is 0 Å². The van der Waals surface area contributed by atoms with Crippen molar-refractivity contribution in [2.45, 2.75) is 52.4 Å². The lowest BCUT2D eigenvalue weighted by Crippen LogP contribution is -2.06. The first kappa shape index (κ1) is 11.0. The van der Waals surface area contributed by atoms with E-state index in [1.54, 1.807) is 0 Å². The van der Waals surface area contributed by atoms with E-state index in [-0.39, 0.29) is 0 Å². The zero-order chi connectivity index (χ0) is 10.2. The second-order valence-corrected chi connectivity index (χ2v) is 6.51. The van der Waals surface area contributed by atoms with E-state index in [0.717, 1.165) is 17.8 Å². The van der Waals surface area contributed by atoms with Crippen molar-refractivity contribution in [3.05, 3.63) is 0 Å². The topological polar surface area (TPSA) is 0 Å². The fraction of sp³-hybridized carbons (Fsp3) is 1.00. The molecule has 0 aromatic carbocycles. The van der Waals surface area contributed by atoms with Crippen LogP contribution in [0, 0.1) is 23.2 Å². The molecule has 0 saturated heterocycles. The molecule has 0 aromatic heterocycles. The minimum atomic E-state index is 0.637. The van der Waals surface area contributed by atoms with E-state index in [9.17, 15) is 0 Å². The van der Waals surface area contributed by atoms with Crippen LogP contribution in [0.4, 0.5) is 0 Å². The van der Waals surface area contributed by atoms with Crippen LogP contribution in [0.5, 0.6) is 0 Å². The lowest BCUT2D eigenvalue weighted by atomic mass is 9.90. The molecule has 0 N–H and O–H groups in total. The Morgan fingerprint density at radius 2 is 1.64 bits per heavy atom. The SMILES string of the molecule is CC1(C)C(CBr)C1C1CCCCCC1. The van der Waals surface area contributed by atoms with Gasteiger partial charge in [0.05, 0.1) is 0 Å². The Morgan fingerprint density at radius 1 is 1.07 bits per heavy atom. The van der Waals surface area contributed by atoms with Gasteiger partial charge >= 0.3 is 0 Å². The summed E-state index contributed by atoms with van der Waals surface area (Å²) in [7, 11) is 0. The van der Waals surface area contributed by atoms with Gasteiger partial charge in [0.15, 0.2) is 0 Å². The third kappa shape index (κ3) is 1.89. The van der Waals surface area contributed by atoms with Crippen LogP contribution in [0.25, 0.3) is 0 Å². The average molecular weight is 259 g/mol. The summed E-state index contributed by atoms with van der Waals surface area (Å²) in [5, 5.41) is 1.22. The summed E-state index contributed by atoms with van der Waals surface area (Å²) < 4.78 is 0. The van der Waals surface area contributed by atoms with Crippen molar-refractivity contribution >= 4 is 15.9 Å². The van der Waals surface area contributed by atoms with Crippen molar-refractivity contribution in [2.75, 3.05) is 5.33 Å². The summed E-state index contributed by atoms with van der Waals surface area (Å²) in [4.78, 5) is 0. The quantitative estimate of drug-likeness (QED) is 0.501. The van der Waals surface area contributed by atoms with Crippen molar-refractivity contribution < 1.29 is 0 Å². The fourth-order valence-corrected chi connectivity index (χ4v) is 4.92. The molecule has 2 atom stereocenters. The van der Waals surface area contributed by atoms with Gasteiger partial charge in [-0.3, -0.25) is 0 Å². The molecule has 2 aliphatic rings. The van der Waals surface area contributed by atoms with Crippen LogP contribution < -0.4 is 0 Å². The first-order valence-corrected chi connectivity index (χ1v) is 7.36. The van der Waals surface area contributed by atoms with Crippen molar-refractivity contribution in [1.29, 1.82) is 0 Å². The van der Waals surface area contributed by atoms with Crippen molar-refractivity contribution in [1.82, 2.24) is 0 Å². The highest BCUT2D eigenvalue weighted by atomic mass is 79.9. The number of hydrogen-bond donors (Lipinski definition) is 0. The monoisotopic (exact) mass is 258 g/mol. The Hall–Kier alpha value is 0.480. The van der Waals surface area contributed by atoms with E-state index in [0.29, 0.717) is 5.41 Å². The molecule has 1 heteroatoms. The van der Waals surface area contributed by atoms with E-state index >= 15 is 0 Å². The Kier molecular flexibility index (Phi) is 3.26. The van der Waals surface area contributed by atoms with E-state index in [2.05, 4.69) is 29.8 Å². The van der Waals surface area contributed by atoms with E-state index in [1.165, 1.54) is 43.9 Å².